The predicted molar refractivity (Wildman–Crippen MR) is 156 cm³/mol. The number of anilines is 2. The van der Waals surface area contributed by atoms with Gasteiger partial charge in [0.25, 0.3) is 5.91 Å². The number of hydrogen-bond donors (Lipinski definition) is 0. The molecule has 3 fully saturated rings. The van der Waals surface area contributed by atoms with E-state index in [0.717, 1.165) is 32.7 Å². The number of likely N-dealkylation sites (N-methyl/N-ethyl adjacent to an activating group) is 1. The first-order chi connectivity index (χ1) is 19.4. The number of rotatable bonds is 6. The van der Waals surface area contributed by atoms with E-state index in [2.05, 4.69) is 40.1 Å². The Kier molecular flexibility index (Phi) is 7.03. The average Bonchev–Trinajstić information content (AvgIpc) is 3.71. The lowest BCUT2D eigenvalue weighted by atomic mass is 9.85. The van der Waals surface area contributed by atoms with E-state index in [1.54, 1.807) is 46.0 Å². The highest BCUT2D eigenvalue weighted by Crippen LogP contribution is 2.42. The normalized spacial score (nSPS) is 19.2. The Labute approximate surface area is 239 Å². The second kappa shape index (κ2) is 10.6. The fourth-order valence-electron chi connectivity index (χ4n) is 6.50. The summed E-state index contributed by atoms with van der Waals surface area (Å²) in [6.07, 6.45) is 5.47. The average molecular weight is 557 g/mol. The Balaban J connectivity index is 1.17. The quantitative estimate of drug-likeness (QED) is 0.379. The zero-order valence-corrected chi connectivity index (χ0v) is 23.5. The van der Waals surface area contributed by atoms with Crippen LogP contribution in [0.15, 0.2) is 60.8 Å². The van der Waals surface area contributed by atoms with Crippen molar-refractivity contribution in [2.75, 3.05) is 42.5 Å². The van der Waals surface area contributed by atoms with Crippen LogP contribution in [0.5, 0.6) is 0 Å². The highest BCUT2D eigenvalue weighted by atomic mass is 35.5. The van der Waals surface area contributed by atoms with Crippen molar-refractivity contribution in [1.29, 1.82) is 5.26 Å². The van der Waals surface area contributed by atoms with Crippen molar-refractivity contribution in [2.24, 2.45) is 0 Å². The minimum Gasteiger partial charge on any atom is -0.372 e. The van der Waals surface area contributed by atoms with Crippen LogP contribution in [-0.4, -0.2) is 64.6 Å². The van der Waals surface area contributed by atoms with Gasteiger partial charge in [0.1, 0.15) is 17.3 Å². The van der Waals surface area contributed by atoms with Crippen molar-refractivity contribution in [3.8, 4) is 11.8 Å². The van der Waals surface area contributed by atoms with Crippen LogP contribution in [0.2, 0.25) is 5.02 Å². The third-order valence-corrected chi connectivity index (χ3v) is 8.97. The Morgan fingerprint density at radius 3 is 2.30 bits per heavy atom. The van der Waals surface area contributed by atoms with E-state index in [1.165, 1.54) is 29.0 Å². The van der Waals surface area contributed by atoms with Crippen molar-refractivity contribution < 1.29 is 9.59 Å². The van der Waals surface area contributed by atoms with Gasteiger partial charge >= 0.3 is 6.03 Å². The van der Waals surface area contributed by atoms with E-state index in [9.17, 15) is 14.9 Å². The number of imide groups is 1. The summed E-state index contributed by atoms with van der Waals surface area (Å²) < 4.78 is 1.72. The maximum absolute atomic E-state index is 14.0. The van der Waals surface area contributed by atoms with Crippen molar-refractivity contribution in [1.82, 2.24) is 14.4 Å². The summed E-state index contributed by atoms with van der Waals surface area (Å²) in [6, 6.07) is 19.3. The van der Waals surface area contributed by atoms with Crippen LogP contribution in [0.25, 0.3) is 5.69 Å². The molecule has 1 spiro atoms. The molecule has 0 bridgehead atoms. The summed E-state index contributed by atoms with van der Waals surface area (Å²) >= 11 is 6.66. The van der Waals surface area contributed by atoms with Crippen LogP contribution in [0.1, 0.15) is 43.9 Å². The van der Waals surface area contributed by atoms with E-state index in [1.807, 2.05) is 6.92 Å². The number of carbonyl (C=O) groups excluding carboxylic acids is 2. The SMILES string of the molecule is CCN1C(=O)N(c2ccc(-n3cccc3C#N)cc2Cl)C(=O)C12CCN(Cc1ccc(N3CCCC3)cc1)CC2. The molecule has 3 aliphatic heterocycles. The van der Waals surface area contributed by atoms with Crippen molar-refractivity contribution in [3.05, 3.63) is 77.1 Å². The van der Waals surface area contributed by atoms with Gasteiger partial charge in [0.2, 0.25) is 0 Å². The second-order valence-electron chi connectivity index (χ2n) is 10.8. The lowest BCUT2D eigenvalue weighted by molar-refractivity contribution is -0.127. The molecule has 8 nitrogen and oxygen atoms in total. The minimum atomic E-state index is -0.863. The summed E-state index contributed by atoms with van der Waals surface area (Å²) in [6.45, 7) is 6.93. The number of nitriles is 1. The highest BCUT2D eigenvalue weighted by Gasteiger charge is 2.58. The fourth-order valence-corrected chi connectivity index (χ4v) is 6.76. The lowest BCUT2D eigenvalue weighted by Crippen LogP contribution is -2.56. The number of likely N-dealkylation sites (tertiary alicyclic amines) is 1. The Morgan fingerprint density at radius 1 is 0.950 bits per heavy atom. The van der Waals surface area contributed by atoms with Crippen molar-refractivity contribution in [2.45, 2.75) is 44.7 Å². The van der Waals surface area contributed by atoms with Crippen LogP contribution < -0.4 is 9.80 Å². The van der Waals surface area contributed by atoms with Crippen LogP contribution in [0.3, 0.4) is 0 Å². The molecule has 0 N–H and O–H groups in total. The minimum absolute atomic E-state index is 0.206. The molecule has 0 unspecified atom stereocenters. The van der Waals surface area contributed by atoms with Crippen LogP contribution in [0.4, 0.5) is 16.2 Å². The summed E-state index contributed by atoms with van der Waals surface area (Å²) in [5.41, 5.74) is 3.23. The molecular formula is C31H33ClN6O2. The van der Waals surface area contributed by atoms with E-state index < -0.39 is 5.54 Å². The molecule has 0 atom stereocenters. The molecule has 1 aromatic heterocycles. The molecule has 3 aliphatic rings. The molecule has 0 aliphatic carbocycles. The topological polar surface area (TPSA) is 75.8 Å². The van der Waals surface area contributed by atoms with Gasteiger partial charge in [0.05, 0.1) is 10.7 Å². The number of aromatic nitrogens is 1. The second-order valence-corrected chi connectivity index (χ2v) is 11.3. The molecule has 0 radical (unpaired) electrons. The molecule has 206 valence electrons. The maximum Gasteiger partial charge on any atom is 0.332 e. The Hall–Kier alpha value is -3.80. The van der Waals surface area contributed by atoms with E-state index in [0.29, 0.717) is 41.5 Å². The molecule has 40 heavy (non-hydrogen) atoms. The standard InChI is InChI=1S/C31H33ClN6O2/c1-2-37-30(40)38(28-12-11-25(20-27(28)32)36-17-5-6-26(36)21-33)29(39)31(37)13-18-34(19-14-31)22-23-7-9-24(10-8-23)35-15-3-4-16-35/h5-12,17,20H,2-4,13-16,18-19,22H2,1H3. The molecule has 4 heterocycles. The number of amides is 3. The number of piperidine rings is 1. The first kappa shape index (κ1) is 26.4. The third-order valence-electron chi connectivity index (χ3n) is 8.67. The predicted octanol–water partition coefficient (Wildman–Crippen LogP) is 5.43. The lowest BCUT2D eigenvalue weighted by Gasteiger charge is -2.41. The molecule has 9 heteroatoms. The zero-order chi connectivity index (χ0) is 27.9. The van der Waals surface area contributed by atoms with Crippen LogP contribution in [-0.2, 0) is 11.3 Å². The van der Waals surface area contributed by atoms with Crippen LogP contribution >= 0.6 is 11.6 Å². The first-order valence-electron chi connectivity index (χ1n) is 14.0. The number of benzene rings is 2. The zero-order valence-electron chi connectivity index (χ0n) is 22.7. The monoisotopic (exact) mass is 556 g/mol. The van der Waals surface area contributed by atoms with E-state index >= 15 is 0 Å². The van der Waals surface area contributed by atoms with E-state index in [4.69, 9.17) is 11.6 Å². The van der Waals surface area contributed by atoms with Gasteiger partial charge in [-0.15, -0.1) is 0 Å². The van der Waals surface area contributed by atoms with Gasteiger partial charge < -0.3 is 14.4 Å². The third kappa shape index (κ3) is 4.43. The van der Waals surface area contributed by atoms with Crippen LogP contribution in [0, 0.1) is 11.3 Å². The number of nitrogens with zero attached hydrogens (tertiary/aromatic N) is 6. The van der Waals surface area contributed by atoms with Crippen molar-refractivity contribution >= 4 is 34.9 Å². The number of halogens is 1. The smallest absolute Gasteiger partial charge is 0.332 e. The molecule has 6 rings (SSSR count). The largest absolute Gasteiger partial charge is 0.372 e. The maximum atomic E-state index is 14.0. The number of hydrogen-bond acceptors (Lipinski definition) is 5. The molecule has 3 aromatic rings. The van der Waals surface area contributed by atoms with Gasteiger partial charge in [0.15, 0.2) is 0 Å². The Morgan fingerprint density at radius 2 is 1.65 bits per heavy atom. The summed E-state index contributed by atoms with van der Waals surface area (Å²) in [4.78, 5) is 35.4. The summed E-state index contributed by atoms with van der Waals surface area (Å²) in [7, 11) is 0. The van der Waals surface area contributed by atoms with Gasteiger partial charge in [0, 0.05) is 56.8 Å². The molecule has 3 amide bonds. The Bertz CT molecular complexity index is 1460. The van der Waals surface area contributed by atoms with E-state index in [-0.39, 0.29) is 11.9 Å². The van der Waals surface area contributed by atoms with Gasteiger partial charge in [-0.2, -0.15) is 5.26 Å². The fraction of sp³-hybridized carbons (Fsp3) is 0.387. The van der Waals surface area contributed by atoms with Gasteiger partial charge in [-0.05, 0) is 80.6 Å². The first-order valence-corrected chi connectivity index (χ1v) is 14.4. The molecule has 2 aromatic carbocycles. The molecule has 0 saturated carbocycles. The molecular weight excluding hydrogens is 524 g/mol. The van der Waals surface area contributed by atoms with Gasteiger partial charge in [-0.1, -0.05) is 23.7 Å². The highest BCUT2D eigenvalue weighted by molar-refractivity contribution is 6.36. The number of carbonyl (C=O) groups is 2. The summed E-state index contributed by atoms with van der Waals surface area (Å²) in [5.74, 6) is -0.206. The van der Waals surface area contributed by atoms with Gasteiger partial charge in [-0.25, -0.2) is 9.69 Å². The number of urea groups is 1. The van der Waals surface area contributed by atoms with Gasteiger partial charge in [-0.3, -0.25) is 9.69 Å². The molecule has 3 saturated heterocycles. The van der Waals surface area contributed by atoms with Crippen molar-refractivity contribution in [3.63, 3.8) is 0 Å². The summed E-state index contributed by atoms with van der Waals surface area (Å²) in [5, 5.41) is 9.66.